The maximum Gasteiger partial charge on any atom is 0.379 e. The molecule has 0 aromatic heterocycles. The highest BCUT2D eigenvalue weighted by Crippen LogP contribution is 2.45. The van der Waals surface area contributed by atoms with Crippen LogP contribution in [0.1, 0.15) is 43.9 Å². The molecular formula is C22H25ClF2N2O2. The van der Waals surface area contributed by atoms with Crippen LogP contribution in [0.4, 0.5) is 14.5 Å². The zero-order valence-corrected chi connectivity index (χ0v) is 17.5. The van der Waals surface area contributed by atoms with E-state index in [1.807, 2.05) is 43.1 Å². The lowest BCUT2D eigenvalue weighted by atomic mass is 10.0. The third-order valence-electron chi connectivity index (χ3n) is 5.77. The molecule has 1 aromatic carbocycles. The molecule has 0 radical (unpaired) electrons. The van der Waals surface area contributed by atoms with Gasteiger partial charge in [0.05, 0.1) is 18.3 Å². The highest BCUT2D eigenvalue weighted by Gasteiger charge is 2.43. The second-order valence-electron chi connectivity index (χ2n) is 7.51. The maximum atomic E-state index is 14.1. The normalized spacial score (nSPS) is 21.1. The molecule has 4 nitrogen and oxygen atoms in total. The summed E-state index contributed by atoms with van der Waals surface area (Å²) in [5.74, 6) is -5.70. The summed E-state index contributed by atoms with van der Waals surface area (Å²) in [4.78, 5) is 11.0. The number of carbonyl (C=O) groups is 1. The topological polar surface area (TPSA) is 43.8 Å². The largest absolute Gasteiger partial charge is 0.477 e. The van der Waals surface area contributed by atoms with E-state index in [0.717, 1.165) is 29.6 Å². The number of hydrogen-bond acceptors (Lipinski definition) is 3. The monoisotopic (exact) mass is 422 g/mol. The van der Waals surface area contributed by atoms with Gasteiger partial charge in [0.15, 0.2) is 0 Å². The van der Waals surface area contributed by atoms with Crippen LogP contribution in [0.5, 0.6) is 0 Å². The molecule has 1 heterocycles. The van der Waals surface area contributed by atoms with Crippen molar-refractivity contribution in [3.05, 3.63) is 64.2 Å². The lowest BCUT2D eigenvalue weighted by Gasteiger charge is -2.31. The summed E-state index contributed by atoms with van der Waals surface area (Å²) in [7, 11) is 1.88. The first-order valence-electron chi connectivity index (χ1n) is 9.57. The fourth-order valence-corrected chi connectivity index (χ4v) is 3.94. The Morgan fingerprint density at radius 1 is 1.41 bits per heavy atom. The molecule has 1 aliphatic heterocycles. The lowest BCUT2D eigenvalue weighted by Crippen LogP contribution is -2.38. The van der Waals surface area contributed by atoms with Gasteiger partial charge in [0.2, 0.25) is 0 Å². The van der Waals surface area contributed by atoms with Crippen molar-refractivity contribution in [3.8, 4) is 0 Å². The van der Waals surface area contributed by atoms with Crippen LogP contribution >= 0.6 is 11.6 Å². The summed E-state index contributed by atoms with van der Waals surface area (Å²) in [6, 6.07) is 4.00. The molecule has 1 N–H and O–H groups in total. The van der Waals surface area contributed by atoms with Gasteiger partial charge in [-0.2, -0.15) is 8.78 Å². The maximum absolute atomic E-state index is 14.1. The highest BCUT2D eigenvalue weighted by molar-refractivity contribution is 6.32. The Bertz CT molecular complexity index is 906. The Balaban J connectivity index is 2.07. The Kier molecular flexibility index (Phi) is 5.88. The fraction of sp³-hybridized carbons (Fsp3) is 0.409. The number of aliphatic carboxylic acids is 1. The van der Waals surface area contributed by atoms with Crippen LogP contribution < -0.4 is 5.01 Å². The quantitative estimate of drug-likeness (QED) is 0.578. The number of nitrogens with zero attached hydrogens (tertiary/aromatic N) is 2. The van der Waals surface area contributed by atoms with Crippen LogP contribution in [0.25, 0.3) is 0 Å². The number of halogens is 3. The molecule has 0 saturated heterocycles. The van der Waals surface area contributed by atoms with E-state index in [1.165, 1.54) is 12.1 Å². The van der Waals surface area contributed by atoms with Crippen molar-refractivity contribution in [1.29, 1.82) is 0 Å². The smallest absolute Gasteiger partial charge is 0.379 e. The van der Waals surface area contributed by atoms with Gasteiger partial charge in [-0.15, -0.1) is 0 Å². The zero-order chi connectivity index (χ0) is 21.5. The number of carboxylic acids is 1. The second-order valence-corrected chi connectivity index (χ2v) is 7.92. The third kappa shape index (κ3) is 3.83. The molecule has 0 spiro atoms. The number of fused-ring (bicyclic) bond motifs is 1. The molecule has 1 aliphatic carbocycles. The van der Waals surface area contributed by atoms with Crippen LogP contribution in [0.15, 0.2) is 53.1 Å². The molecule has 2 aliphatic rings. The van der Waals surface area contributed by atoms with Crippen LogP contribution in [0.3, 0.4) is 0 Å². The number of allylic oxidation sites excluding steroid dienone is 3. The summed E-state index contributed by atoms with van der Waals surface area (Å²) in [6.45, 7) is 8.15. The first kappa shape index (κ1) is 21.5. The van der Waals surface area contributed by atoms with Gasteiger partial charge in [-0.1, -0.05) is 42.5 Å². The molecule has 7 heteroatoms. The minimum atomic E-state index is -3.95. The molecule has 1 saturated carbocycles. The number of carboxylic acid groups (broad SMARTS) is 1. The minimum Gasteiger partial charge on any atom is -0.477 e. The predicted molar refractivity (Wildman–Crippen MR) is 111 cm³/mol. The number of rotatable bonds is 7. The second kappa shape index (κ2) is 7.92. The molecule has 29 heavy (non-hydrogen) atoms. The van der Waals surface area contributed by atoms with Gasteiger partial charge < -0.3 is 10.1 Å². The summed E-state index contributed by atoms with van der Waals surface area (Å²) >= 11 is 6.52. The predicted octanol–water partition coefficient (Wildman–Crippen LogP) is 5.63. The van der Waals surface area contributed by atoms with Gasteiger partial charge in [0.25, 0.3) is 0 Å². The summed E-state index contributed by atoms with van der Waals surface area (Å²) in [5.41, 5.74) is 2.88. The van der Waals surface area contributed by atoms with Gasteiger partial charge in [-0.05, 0) is 55.4 Å². The van der Waals surface area contributed by atoms with Crippen molar-refractivity contribution < 1.29 is 18.7 Å². The molecule has 1 fully saturated rings. The van der Waals surface area contributed by atoms with E-state index in [2.05, 4.69) is 6.58 Å². The summed E-state index contributed by atoms with van der Waals surface area (Å²) < 4.78 is 28.3. The molecule has 1 unspecified atom stereocenters. The zero-order valence-electron chi connectivity index (χ0n) is 16.8. The van der Waals surface area contributed by atoms with Crippen LogP contribution in [-0.4, -0.2) is 29.7 Å². The molecule has 156 valence electrons. The third-order valence-corrected chi connectivity index (χ3v) is 6.21. The molecule has 0 amide bonds. The molecule has 1 atom stereocenters. The van der Waals surface area contributed by atoms with Gasteiger partial charge in [0, 0.05) is 17.6 Å². The highest BCUT2D eigenvalue weighted by atomic mass is 35.5. The number of anilines is 1. The van der Waals surface area contributed by atoms with Gasteiger partial charge in [0.1, 0.15) is 0 Å². The van der Waals surface area contributed by atoms with Gasteiger partial charge >= 0.3 is 11.9 Å². The molecule has 0 bridgehead atoms. The van der Waals surface area contributed by atoms with Crippen LogP contribution in [0.2, 0.25) is 0 Å². The summed E-state index contributed by atoms with van der Waals surface area (Å²) in [5, 5.41) is 13.4. The van der Waals surface area contributed by atoms with Crippen molar-refractivity contribution in [2.45, 2.75) is 38.7 Å². The number of hydrogen-bond donors (Lipinski definition) is 1. The van der Waals surface area contributed by atoms with E-state index >= 15 is 0 Å². The first-order chi connectivity index (χ1) is 13.6. The Morgan fingerprint density at radius 2 is 2.07 bits per heavy atom. The van der Waals surface area contributed by atoms with Crippen molar-refractivity contribution in [3.63, 3.8) is 0 Å². The van der Waals surface area contributed by atoms with Gasteiger partial charge in [-0.3, -0.25) is 0 Å². The summed E-state index contributed by atoms with van der Waals surface area (Å²) in [6.07, 6.45) is 5.81. The Morgan fingerprint density at radius 3 is 2.59 bits per heavy atom. The van der Waals surface area contributed by atoms with E-state index in [-0.39, 0.29) is 6.04 Å². The van der Waals surface area contributed by atoms with E-state index < -0.39 is 17.5 Å². The van der Waals surface area contributed by atoms with Crippen molar-refractivity contribution in [2.24, 2.45) is 5.92 Å². The average molecular weight is 423 g/mol. The van der Waals surface area contributed by atoms with E-state index in [9.17, 15) is 13.6 Å². The SMILES string of the molecule is C=C/C(=C(CN1c2cc(C(F)(F)C(=O)O)ccc2C(C)N1C)\C(Cl)=C/C)C1CC1. The molecule has 1 aromatic rings. The van der Waals surface area contributed by atoms with E-state index in [0.29, 0.717) is 23.2 Å². The first-order valence-corrected chi connectivity index (χ1v) is 9.94. The Labute approximate surface area is 174 Å². The average Bonchev–Trinajstić information content (AvgIpc) is 3.50. The Hall–Kier alpha value is -2.18. The van der Waals surface area contributed by atoms with E-state index in [4.69, 9.17) is 16.7 Å². The van der Waals surface area contributed by atoms with Crippen molar-refractivity contribution in [1.82, 2.24) is 5.01 Å². The van der Waals surface area contributed by atoms with Crippen molar-refractivity contribution in [2.75, 3.05) is 18.6 Å². The minimum absolute atomic E-state index is 0.0451. The van der Waals surface area contributed by atoms with E-state index in [1.54, 1.807) is 6.07 Å². The van der Waals surface area contributed by atoms with Gasteiger partial charge in [-0.25, -0.2) is 9.80 Å². The number of alkyl halides is 2. The fourth-order valence-electron chi connectivity index (χ4n) is 3.78. The van der Waals surface area contributed by atoms with Crippen molar-refractivity contribution >= 4 is 23.3 Å². The number of hydrazine groups is 1. The van der Waals surface area contributed by atoms with Crippen LogP contribution in [0, 0.1) is 5.92 Å². The lowest BCUT2D eigenvalue weighted by molar-refractivity contribution is -0.166. The van der Waals surface area contributed by atoms with Crippen LogP contribution in [-0.2, 0) is 10.7 Å². The number of benzene rings is 1. The molecular weight excluding hydrogens is 398 g/mol. The standard InChI is InChI=1S/C22H25ClF2N2O2/c1-5-16(14-7-8-14)18(19(23)6-2)12-27-20-11-15(22(24,25)21(28)29)9-10-17(20)13(3)26(27)4/h5-6,9-11,13-14H,1,7-8,12H2,2-4H3,(H,28,29)/b18-16+,19-6+. The molecule has 3 rings (SSSR count).